The summed E-state index contributed by atoms with van der Waals surface area (Å²) in [6.45, 7) is 2.01. The molecule has 0 unspecified atom stereocenters. The van der Waals surface area contributed by atoms with E-state index < -0.39 is 0 Å². The van der Waals surface area contributed by atoms with E-state index in [1.54, 1.807) is 18.5 Å². The minimum Gasteiger partial charge on any atom is -0.335 e. The molecule has 2 aromatic carbocycles. The lowest BCUT2D eigenvalue weighted by Crippen LogP contribution is -2.01. The molecule has 2 heterocycles. The van der Waals surface area contributed by atoms with Crippen molar-refractivity contribution in [2.45, 2.75) is 6.92 Å². The SMILES string of the molecule is Cc1ccc2nc(Nc3ccc(Br)cc3F)c3nncn3c2c1. The summed E-state index contributed by atoms with van der Waals surface area (Å²) < 4.78 is 16.6. The number of anilines is 2. The fraction of sp³-hybridized carbons (Fsp3) is 0.0625. The number of benzene rings is 2. The third-order valence-corrected chi connectivity index (χ3v) is 4.06. The molecule has 1 N–H and O–H groups in total. The summed E-state index contributed by atoms with van der Waals surface area (Å²) in [5, 5.41) is 11.1. The first-order chi connectivity index (χ1) is 11.1. The van der Waals surface area contributed by atoms with Crippen LogP contribution in [0.4, 0.5) is 15.9 Å². The number of fused-ring (bicyclic) bond motifs is 3. The first-order valence-electron chi connectivity index (χ1n) is 6.94. The van der Waals surface area contributed by atoms with E-state index in [4.69, 9.17) is 0 Å². The second-order valence-corrected chi connectivity index (χ2v) is 6.14. The first kappa shape index (κ1) is 14.1. The molecule has 0 amide bonds. The van der Waals surface area contributed by atoms with Crippen LogP contribution in [0.2, 0.25) is 0 Å². The van der Waals surface area contributed by atoms with Crippen molar-refractivity contribution in [3.05, 3.63) is 58.6 Å². The summed E-state index contributed by atoms with van der Waals surface area (Å²) in [6, 6.07) is 10.7. The van der Waals surface area contributed by atoms with Crippen LogP contribution in [0, 0.1) is 12.7 Å². The molecule has 0 atom stereocenters. The zero-order valence-corrected chi connectivity index (χ0v) is 13.7. The van der Waals surface area contributed by atoms with E-state index in [0.29, 0.717) is 21.6 Å². The molecule has 0 saturated heterocycles. The molecule has 23 heavy (non-hydrogen) atoms. The highest BCUT2D eigenvalue weighted by molar-refractivity contribution is 9.10. The van der Waals surface area contributed by atoms with Gasteiger partial charge >= 0.3 is 0 Å². The molecule has 114 valence electrons. The number of nitrogens with zero attached hydrogens (tertiary/aromatic N) is 4. The van der Waals surface area contributed by atoms with Crippen molar-refractivity contribution in [1.82, 2.24) is 19.6 Å². The number of rotatable bonds is 2. The molecule has 0 saturated carbocycles. The molecule has 5 nitrogen and oxygen atoms in total. The zero-order chi connectivity index (χ0) is 16.0. The number of halogens is 2. The number of hydrogen-bond acceptors (Lipinski definition) is 4. The maximum atomic E-state index is 14.1. The molecule has 4 rings (SSSR count). The Morgan fingerprint density at radius 1 is 1.17 bits per heavy atom. The largest absolute Gasteiger partial charge is 0.335 e. The molecular formula is C16H11BrFN5. The van der Waals surface area contributed by atoms with Gasteiger partial charge in [-0.3, -0.25) is 4.40 Å². The molecule has 0 aliphatic heterocycles. The lowest BCUT2D eigenvalue weighted by Gasteiger charge is -2.10. The summed E-state index contributed by atoms with van der Waals surface area (Å²) in [5.41, 5.74) is 3.69. The highest BCUT2D eigenvalue weighted by Crippen LogP contribution is 2.26. The lowest BCUT2D eigenvalue weighted by atomic mass is 10.2. The number of hydrogen-bond donors (Lipinski definition) is 1. The summed E-state index contributed by atoms with van der Waals surface area (Å²) >= 11 is 3.24. The van der Waals surface area contributed by atoms with Crippen LogP contribution >= 0.6 is 15.9 Å². The zero-order valence-electron chi connectivity index (χ0n) is 12.1. The fourth-order valence-corrected chi connectivity index (χ4v) is 2.80. The fourth-order valence-electron chi connectivity index (χ4n) is 2.47. The highest BCUT2D eigenvalue weighted by atomic mass is 79.9. The second-order valence-electron chi connectivity index (χ2n) is 5.23. The van der Waals surface area contributed by atoms with Gasteiger partial charge < -0.3 is 5.32 Å². The van der Waals surface area contributed by atoms with Crippen molar-refractivity contribution in [3.63, 3.8) is 0 Å². The van der Waals surface area contributed by atoms with Gasteiger partial charge in [0.05, 0.1) is 16.7 Å². The van der Waals surface area contributed by atoms with Crippen LogP contribution in [0.25, 0.3) is 16.7 Å². The Kier molecular flexibility index (Phi) is 3.23. The van der Waals surface area contributed by atoms with Crippen LogP contribution in [-0.2, 0) is 0 Å². The Balaban J connectivity index is 1.91. The van der Waals surface area contributed by atoms with Crippen molar-refractivity contribution in [2.24, 2.45) is 0 Å². The minimum atomic E-state index is -0.372. The molecule has 0 aliphatic rings. The van der Waals surface area contributed by atoms with Crippen LogP contribution in [-0.4, -0.2) is 19.6 Å². The summed E-state index contributed by atoms with van der Waals surface area (Å²) in [6.07, 6.45) is 1.63. The van der Waals surface area contributed by atoms with Gasteiger partial charge in [0, 0.05) is 4.47 Å². The Bertz CT molecular complexity index is 1040. The van der Waals surface area contributed by atoms with Crippen molar-refractivity contribution in [2.75, 3.05) is 5.32 Å². The highest BCUT2D eigenvalue weighted by Gasteiger charge is 2.12. The van der Waals surface area contributed by atoms with Gasteiger partial charge in [-0.1, -0.05) is 22.0 Å². The van der Waals surface area contributed by atoms with Crippen LogP contribution in [0.3, 0.4) is 0 Å². The summed E-state index contributed by atoms with van der Waals surface area (Å²) in [5.74, 6) is 0.0860. The van der Waals surface area contributed by atoms with Gasteiger partial charge in [-0.2, -0.15) is 0 Å². The number of nitrogens with one attached hydrogen (secondary N) is 1. The average Bonchev–Trinajstić information content (AvgIpc) is 3.01. The Morgan fingerprint density at radius 3 is 2.87 bits per heavy atom. The average molecular weight is 372 g/mol. The molecule has 0 spiro atoms. The van der Waals surface area contributed by atoms with Crippen molar-refractivity contribution >= 4 is 44.1 Å². The maximum Gasteiger partial charge on any atom is 0.204 e. The molecule has 0 aliphatic carbocycles. The van der Waals surface area contributed by atoms with Gasteiger partial charge in [0.2, 0.25) is 5.65 Å². The predicted octanol–water partition coefficient (Wildman–Crippen LogP) is 4.23. The normalized spacial score (nSPS) is 11.3. The lowest BCUT2D eigenvalue weighted by molar-refractivity contribution is 0.631. The van der Waals surface area contributed by atoms with E-state index in [0.717, 1.165) is 16.6 Å². The van der Waals surface area contributed by atoms with Crippen LogP contribution in [0.5, 0.6) is 0 Å². The van der Waals surface area contributed by atoms with Gasteiger partial charge in [-0.15, -0.1) is 10.2 Å². The standard InChI is InChI=1S/C16H11BrFN5/c1-9-2-4-13-14(6-9)23-8-19-22-16(23)15(21-13)20-12-5-3-10(17)7-11(12)18/h2-8H,1H3,(H,20,21). The van der Waals surface area contributed by atoms with Crippen molar-refractivity contribution < 1.29 is 4.39 Å². The Hall–Kier alpha value is -2.54. The van der Waals surface area contributed by atoms with E-state index in [1.807, 2.05) is 29.5 Å². The Labute approximate surface area is 139 Å². The van der Waals surface area contributed by atoms with E-state index >= 15 is 0 Å². The van der Waals surface area contributed by atoms with E-state index in [-0.39, 0.29) is 5.82 Å². The molecule has 0 radical (unpaired) electrons. The molecule has 0 fully saturated rings. The Morgan fingerprint density at radius 2 is 2.04 bits per heavy atom. The smallest absolute Gasteiger partial charge is 0.204 e. The van der Waals surface area contributed by atoms with Gasteiger partial charge in [0.1, 0.15) is 12.1 Å². The van der Waals surface area contributed by atoms with Crippen molar-refractivity contribution in [1.29, 1.82) is 0 Å². The van der Waals surface area contributed by atoms with Gasteiger partial charge in [0.15, 0.2) is 5.82 Å². The monoisotopic (exact) mass is 371 g/mol. The first-order valence-corrected chi connectivity index (χ1v) is 7.73. The van der Waals surface area contributed by atoms with E-state index in [1.165, 1.54) is 6.07 Å². The van der Waals surface area contributed by atoms with E-state index in [9.17, 15) is 4.39 Å². The quantitative estimate of drug-likeness (QED) is 0.572. The van der Waals surface area contributed by atoms with Crippen LogP contribution in [0.15, 0.2) is 47.2 Å². The van der Waals surface area contributed by atoms with Crippen molar-refractivity contribution in [3.8, 4) is 0 Å². The third-order valence-electron chi connectivity index (χ3n) is 3.57. The maximum absolute atomic E-state index is 14.1. The molecule has 4 aromatic rings. The molecule has 0 bridgehead atoms. The summed E-state index contributed by atoms with van der Waals surface area (Å²) in [7, 11) is 0. The number of aryl methyl sites for hydroxylation is 1. The van der Waals surface area contributed by atoms with Gasteiger partial charge in [-0.05, 0) is 42.8 Å². The minimum absolute atomic E-state index is 0.331. The topological polar surface area (TPSA) is 55.1 Å². The second kappa shape index (κ2) is 5.27. The van der Waals surface area contributed by atoms with E-state index in [2.05, 4.69) is 36.4 Å². The molecule has 7 heteroatoms. The third kappa shape index (κ3) is 2.43. The van der Waals surface area contributed by atoms with Crippen LogP contribution < -0.4 is 5.32 Å². The predicted molar refractivity (Wildman–Crippen MR) is 90.4 cm³/mol. The van der Waals surface area contributed by atoms with Gasteiger partial charge in [0.25, 0.3) is 0 Å². The van der Waals surface area contributed by atoms with Crippen LogP contribution in [0.1, 0.15) is 5.56 Å². The molecule has 2 aromatic heterocycles. The number of aromatic nitrogens is 4. The summed E-state index contributed by atoms with van der Waals surface area (Å²) in [4.78, 5) is 4.56. The molecular weight excluding hydrogens is 361 g/mol. The van der Waals surface area contributed by atoms with Gasteiger partial charge in [-0.25, -0.2) is 9.37 Å².